The molecule has 1 aliphatic rings. The van der Waals surface area contributed by atoms with Crippen LogP contribution in [0.3, 0.4) is 0 Å². The first-order valence-electron chi connectivity index (χ1n) is 8.84. The van der Waals surface area contributed by atoms with E-state index >= 15 is 0 Å². The maximum atomic E-state index is 12.7. The van der Waals surface area contributed by atoms with Gasteiger partial charge < -0.3 is 14.7 Å². The van der Waals surface area contributed by atoms with Crippen molar-refractivity contribution in [2.45, 2.75) is 38.3 Å². The summed E-state index contributed by atoms with van der Waals surface area (Å²) >= 11 is 0. The van der Waals surface area contributed by atoms with Crippen LogP contribution in [0.25, 0.3) is 0 Å². The zero-order valence-electron chi connectivity index (χ0n) is 15.2. The topological polar surface area (TPSA) is 66.8 Å². The number of carbonyl (C=O) groups excluding carboxylic acids is 1. The Hall–Kier alpha value is -2.09. The van der Waals surface area contributed by atoms with Gasteiger partial charge in [-0.25, -0.2) is 0 Å². The molecule has 0 saturated carbocycles. The monoisotopic (exact) mass is 387 g/mol. The molecule has 1 aromatic rings. The zero-order chi connectivity index (χ0) is 20.1. The molecule has 1 heterocycles. The molecule has 8 heteroatoms. The van der Waals surface area contributed by atoms with Crippen molar-refractivity contribution in [3.8, 4) is 0 Å². The maximum absolute atomic E-state index is 12.7. The average molecular weight is 387 g/mol. The standard InChI is InChI=1S/C19H24F3NO4/c1-27-13-18(17(25)26)9-4-10-23(12-18)16(24)8-3-6-14-5-2-7-15(11-14)19(20,21)22/h2,5,7,11H,3-4,6,8-10,12-13H2,1H3,(H,25,26). The minimum absolute atomic E-state index is 0.0380. The number of rotatable bonds is 7. The number of carboxylic acids is 1. The van der Waals surface area contributed by atoms with Crippen LogP contribution < -0.4 is 0 Å². The van der Waals surface area contributed by atoms with Gasteiger partial charge in [0.15, 0.2) is 0 Å². The number of amides is 1. The highest BCUT2D eigenvalue weighted by atomic mass is 19.4. The molecule has 0 spiro atoms. The summed E-state index contributed by atoms with van der Waals surface area (Å²) in [5.74, 6) is -1.16. The van der Waals surface area contributed by atoms with E-state index in [2.05, 4.69) is 0 Å². The molecule has 0 bridgehead atoms. The Morgan fingerprint density at radius 1 is 1.33 bits per heavy atom. The number of aryl methyl sites for hydroxylation is 1. The van der Waals surface area contributed by atoms with Crippen molar-refractivity contribution in [2.75, 3.05) is 26.8 Å². The molecule has 0 aliphatic carbocycles. The van der Waals surface area contributed by atoms with Crippen LogP contribution in [0, 0.1) is 5.41 Å². The normalized spacial score (nSPS) is 20.5. The second kappa shape index (κ2) is 8.73. The molecule has 1 atom stereocenters. The number of nitrogens with zero attached hydrogens (tertiary/aromatic N) is 1. The quantitative estimate of drug-likeness (QED) is 0.779. The smallest absolute Gasteiger partial charge is 0.416 e. The minimum Gasteiger partial charge on any atom is -0.481 e. The van der Waals surface area contributed by atoms with E-state index < -0.39 is 23.1 Å². The number of alkyl halides is 3. The van der Waals surface area contributed by atoms with E-state index in [1.54, 1.807) is 6.07 Å². The van der Waals surface area contributed by atoms with Gasteiger partial charge in [-0.05, 0) is 37.3 Å². The molecular weight excluding hydrogens is 363 g/mol. The first kappa shape index (κ1) is 21.2. The lowest BCUT2D eigenvalue weighted by Gasteiger charge is -2.39. The third-order valence-electron chi connectivity index (χ3n) is 4.91. The zero-order valence-corrected chi connectivity index (χ0v) is 15.2. The number of methoxy groups -OCH3 is 1. The summed E-state index contributed by atoms with van der Waals surface area (Å²) in [6.45, 7) is 0.621. The predicted molar refractivity (Wildman–Crippen MR) is 92.1 cm³/mol. The molecule has 1 saturated heterocycles. The van der Waals surface area contributed by atoms with Gasteiger partial charge in [-0.1, -0.05) is 18.2 Å². The summed E-state index contributed by atoms with van der Waals surface area (Å²) in [6, 6.07) is 5.08. The van der Waals surface area contributed by atoms with E-state index in [4.69, 9.17) is 4.74 Å². The highest BCUT2D eigenvalue weighted by molar-refractivity contribution is 5.79. The number of aliphatic carboxylic acids is 1. The lowest BCUT2D eigenvalue weighted by atomic mass is 9.80. The van der Waals surface area contributed by atoms with E-state index in [0.717, 1.165) is 12.1 Å². The van der Waals surface area contributed by atoms with Gasteiger partial charge in [0.25, 0.3) is 0 Å². The number of piperidine rings is 1. The number of halogens is 3. The molecule has 0 radical (unpaired) electrons. The third-order valence-corrected chi connectivity index (χ3v) is 4.91. The number of carboxylic acid groups (broad SMARTS) is 1. The summed E-state index contributed by atoms with van der Waals surface area (Å²) in [4.78, 5) is 25.6. The Morgan fingerprint density at radius 3 is 2.70 bits per heavy atom. The number of hydrogen-bond acceptors (Lipinski definition) is 3. The van der Waals surface area contributed by atoms with Crippen LogP contribution in [0.4, 0.5) is 13.2 Å². The van der Waals surface area contributed by atoms with Crippen molar-refractivity contribution < 1.29 is 32.6 Å². The van der Waals surface area contributed by atoms with Gasteiger partial charge in [-0.2, -0.15) is 13.2 Å². The van der Waals surface area contributed by atoms with Crippen LogP contribution in [-0.4, -0.2) is 48.7 Å². The molecule has 27 heavy (non-hydrogen) atoms. The fraction of sp³-hybridized carbons (Fsp3) is 0.579. The molecule has 2 rings (SSSR count). The van der Waals surface area contributed by atoms with Crippen LogP contribution in [0.15, 0.2) is 24.3 Å². The van der Waals surface area contributed by atoms with Crippen molar-refractivity contribution >= 4 is 11.9 Å². The van der Waals surface area contributed by atoms with Gasteiger partial charge in [0, 0.05) is 26.6 Å². The molecule has 0 aromatic heterocycles. The molecule has 150 valence electrons. The number of hydrogen-bond donors (Lipinski definition) is 1. The van der Waals surface area contributed by atoms with E-state index in [-0.39, 0.29) is 25.5 Å². The van der Waals surface area contributed by atoms with E-state index in [0.29, 0.717) is 37.8 Å². The highest BCUT2D eigenvalue weighted by Crippen LogP contribution is 2.32. The van der Waals surface area contributed by atoms with Gasteiger partial charge in [0.05, 0.1) is 12.2 Å². The van der Waals surface area contributed by atoms with Crippen LogP contribution in [0.1, 0.15) is 36.8 Å². The fourth-order valence-electron chi connectivity index (χ4n) is 3.48. The van der Waals surface area contributed by atoms with Crippen molar-refractivity contribution in [3.63, 3.8) is 0 Å². The van der Waals surface area contributed by atoms with Crippen LogP contribution in [-0.2, 0) is 26.9 Å². The highest BCUT2D eigenvalue weighted by Gasteiger charge is 2.43. The predicted octanol–water partition coefficient (Wildman–Crippen LogP) is 3.37. The van der Waals surface area contributed by atoms with Crippen molar-refractivity contribution in [1.82, 2.24) is 4.90 Å². The number of likely N-dealkylation sites (tertiary alicyclic amines) is 1. The molecule has 1 N–H and O–H groups in total. The number of benzene rings is 1. The van der Waals surface area contributed by atoms with Gasteiger partial charge in [-0.3, -0.25) is 9.59 Å². The van der Waals surface area contributed by atoms with Crippen LogP contribution in [0.5, 0.6) is 0 Å². The Labute approximate surface area is 156 Å². The minimum atomic E-state index is -4.39. The number of carbonyl (C=O) groups is 2. The Bertz CT molecular complexity index is 673. The molecule has 1 amide bonds. The van der Waals surface area contributed by atoms with Gasteiger partial charge in [0.1, 0.15) is 5.41 Å². The second-order valence-electron chi connectivity index (χ2n) is 6.99. The third kappa shape index (κ3) is 5.45. The fourth-order valence-corrected chi connectivity index (χ4v) is 3.48. The molecule has 1 aromatic carbocycles. The maximum Gasteiger partial charge on any atom is 0.416 e. The first-order valence-corrected chi connectivity index (χ1v) is 8.84. The molecular formula is C19H24F3NO4. The second-order valence-corrected chi connectivity index (χ2v) is 6.99. The lowest BCUT2D eigenvalue weighted by Crippen LogP contribution is -2.52. The Morgan fingerprint density at radius 2 is 2.07 bits per heavy atom. The first-order chi connectivity index (χ1) is 12.7. The van der Waals surface area contributed by atoms with Gasteiger partial charge in [-0.15, -0.1) is 0 Å². The van der Waals surface area contributed by atoms with Gasteiger partial charge in [0.2, 0.25) is 5.91 Å². The summed E-state index contributed by atoms with van der Waals surface area (Å²) in [6.07, 6.45) is -2.44. The van der Waals surface area contributed by atoms with E-state index in [1.165, 1.54) is 18.1 Å². The van der Waals surface area contributed by atoms with E-state index in [1.807, 2.05) is 0 Å². The molecule has 1 fully saturated rings. The average Bonchev–Trinajstić information content (AvgIpc) is 2.61. The summed E-state index contributed by atoms with van der Waals surface area (Å²) in [5, 5.41) is 9.53. The number of ether oxygens (including phenoxy) is 1. The van der Waals surface area contributed by atoms with Crippen molar-refractivity contribution in [1.29, 1.82) is 0 Å². The summed E-state index contributed by atoms with van der Waals surface area (Å²) < 4.78 is 43.3. The Kier molecular flexibility index (Phi) is 6.86. The SMILES string of the molecule is COCC1(C(=O)O)CCCN(C(=O)CCCc2cccc(C(F)(F)F)c2)C1. The van der Waals surface area contributed by atoms with Gasteiger partial charge >= 0.3 is 12.1 Å². The van der Waals surface area contributed by atoms with E-state index in [9.17, 15) is 27.9 Å². The Balaban J connectivity index is 1.91. The summed E-state index contributed by atoms with van der Waals surface area (Å²) in [5.41, 5.74) is -1.27. The van der Waals surface area contributed by atoms with Crippen LogP contribution >= 0.6 is 0 Å². The lowest BCUT2D eigenvalue weighted by molar-refractivity contribution is -0.159. The molecule has 1 aliphatic heterocycles. The van der Waals surface area contributed by atoms with Crippen molar-refractivity contribution in [3.05, 3.63) is 35.4 Å². The largest absolute Gasteiger partial charge is 0.481 e. The molecule has 5 nitrogen and oxygen atoms in total. The van der Waals surface area contributed by atoms with Crippen molar-refractivity contribution in [2.24, 2.45) is 5.41 Å². The van der Waals surface area contributed by atoms with Crippen LogP contribution in [0.2, 0.25) is 0 Å². The molecule has 1 unspecified atom stereocenters. The summed E-state index contributed by atoms with van der Waals surface area (Å²) in [7, 11) is 1.43.